The minimum absolute atomic E-state index is 0.170. The lowest BCUT2D eigenvalue weighted by molar-refractivity contribution is 0.210. The van der Waals surface area contributed by atoms with Crippen LogP contribution in [-0.2, 0) is 6.42 Å². The van der Waals surface area contributed by atoms with E-state index in [4.69, 9.17) is 4.74 Å². The van der Waals surface area contributed by atoms with Gasteiger partial charge in [-0.3, -0.25) is 0 Å². The molecular formula is C24H24N2O2. The predicted octanol–water partition coefficient (Wildman–Crippen LogP) is 4.33. The first kappa shape index (κ1) is 18.1. The Bertz CT molecular complexity index is 873. The van der Waals surface area contributed by atoms with Gasteiger partial charge in [-0.2, -0.15) is 0 Å². The number of urea groups is 1. The lowest BCUT2D eigenvalue weighted by Gasteiger charge is -2.26. The van der Waals surface area contributed by atoms with E-state index in [2.05, 4.69) is 16.7 Å². The van der Waals surface area contributed by atoms with Crippen LogP contribution in [0, 0.1) is 5.92 Å². The highest BCUT2D eigenvalue weighted by atomic mass is 16.5. The Kier molecular flexibility index (Phi) is 5.57. The van der Waals surface area contributed by atoms with Crippen LogP contribution in [0.3, 0.4) is 0 Å². The van der Waals surface area contributed by atoms with Crippen molar-refractivity contribution >= 4 is 6.03 Å². The van der Waals surface area contributed by atoms with Crippen LogP contribution in [0.15, 0.2) is 84.9 Å². The molecular weight excluding hydrogens is 348 g/mol. The van der Waals surface area contributed by atoms with Gasteiger partial charge in [0.1, 0.15) is 5.75 Å². The number of carbonyl (C=O) groups is 1. The molecule has 142 valence electrons. The molecule has 0 aromatic heterocycles. The number of hydrogen-bond donors (Lipinski definition) is 2. The fraction of sp³-hybridized carbons (Fsp3) is 0.208. The van der Waals surface area contributed by atoms with E-state index in [1.165, 1.54) is 5.56 Å². The first-order valence-electron chi connectivity index (χ1n) is 9.64. The monoisotopic (exact) mass is 372 g/mol. The number of nitrogens with one attached hydrogen (secondary N) is 2. The van der Waals surface area contributed by atoms with Crippen molar-refractivity contribution in [2.45, 2.75) is 12.5 Å². The van der Waals surface area contributed by atoms with Crippen LogP contribution < -0.4 is 15.4 Å². The second kappa shape index (κ2) is 8.61. The second-order valence-corrected chi connectivity index (χ2v) is 7.10. The molecule has 0 radical (unpaired) electrons. The maximum atomic E-state index is 12.6. The maximum absolute atomic E-state index is 12.6. The summed E-state index contributed by atoms with van der Waals surface area (Å²) in [5.74, 6) is 1.23. The van der Waals surface area contributed by atoms with Crippen molar-refractivity contribution in [3.8, 4) is 5.75 Å². The van der Waals surface area contributed by atoms with Gasteiger partial charge in [-0.15, -0.1) is 0 Å². The summed E-state index contributed by atoms with van der Waals surface area (Å²) in [5.41, 5.74) is 3.31. The summed E-state index contributed by atoms with van der Waals surface area (Å²) in [4.78, 5) is 12.6. The van der Waals surface area contributed by atoms with Crippen molar-refractivity contribution in [3.05, 3.63) is 102 Å². The third-order valence-electron chi connectivity index (χ3n) is 5.05. The molecule has 1 heterocycles. The summed E-state index contributed by atoms with van der Waals surface area (Å²) in [6.45, 7) is 1.20. The summed E-state index contributed by atoms with van der Waals surface area (Å²) in [7, 11) is 0. The normalized spacial score (nSPS) is 15.4. The molecule has 0 fully saturated rings. The Hall–Kier alpha value is -3.27. The van der Waals surface area contributed by atoms with E-state index in [0.29, 0.717) is 13.2 Å². The largest absolute Gasteiger partial charge is 0.493 e. The Morgan fingerprint density at radius 3 is 2.18 bits per heavy atom. The van der Waals surface area contributed by atoms with Crippen LogP contribution in [0.4, 0.5) is 4.79 Å². The van der Waals surface area contributed by atoms with Crippen molar-refractivity contribution < 1.29 is 9.53 Å². The summed E-state index contributed by atoms with van der Waals surface area (Å²) in [5, 5.41) is 6.14. The van der Waals surface area contributed by atoms with Crippen molar-refractivity contribution in [1.82, 2.24) is 10.6 Å². The summed E-state index contributed by atoms with van der Waals surface area (Å²) in [6, 6.07) is 27.8. The van der Waals surface area contributed by atoms with Gasteiger partial charge in [0.2, 0.25) is 0 Å². The van der Waals surface area contributed by atoms with E-state index >= 15 is 0 Å². The van der Waals surface area contributed by atoms with Crippen molar-refractivity contribution in [2.24, 2.45) is 5.92 Å². The SMILES string of the molecule is O=C(NCC1COc2ccccc2C1)NC(c1ccccc1)c1ccccc1. The first-order valence-corrected chi connectivity index (χ1v) is 9.64. The molecule has 3 aromatic rings. The van der Waals surface area contributed by atoms with Crippen LogP contribution in [0.25, 0.3) is 0 Å². The van der Waals surface area contributed by atoms with E-state index in [0.717, 1.165) is 23.3 Å². The van der Waals surface area contributed by atoms with Gasteiger partial charge < -0.3 is 15.4 Å². The summed E-state index contributed by atoms with van der Waals surface area (Å²) >= 11 is 0. The number of carbonyl (C=O) groups excluding carboxylic acids is 1. The van der Waals surface area contributed by atoms with Gasteiger partial charge in [0.15, 0.2) is 0 Å². The molecule has 0 saturated heterocycles. The first-order chi connectivity index (χ1) is 13.8. The number of benzene rings is 3. The molecule has 1 atom stereocenters. The number of ether oxygens (including phenoxy) is 1. The predicted molar refractivity (Wildman–Crippen MR) is 110 cm³/mol. The third-order valence-corrected chi connectivity index (χ3v) is 5.05. The zero-order chi connectivity index (χ0) is 19.2. The Morgan fingerprint density at radius 2 is 1.50 bits per heavy atom. The van der Waals surface area contributed by atoms with Gasteiger partial charge in [-0.05, 0) is 29.2 Å². The average Bonchev–Trinajstić information content (AvgIpc) is 2.77. The molecule has 2 N–H and O–H groups in total. The highest BCUT2D eigenvalue weighted by Gasteiger charge is 2.21. The van der Waals surface area contributed by atoms with Crippen LogP contribution in [-0.4, -0.2) is 19.2 Å². The van der Waals surface area contributed by atoms with E-state index in [1.807, 2.05) is 78.9 Å². The van der Waals surface area contributed by atoms with Crippen LogP contribution in [0.1, 0.15) is 22.7 Å². The molecule has 28 heavy (non-hydrogen) atoms. The molecule has 4 nitrogen and oxygen atoms in total. The molecule has 2 amide bonds. The van der Waals surface area contributed by atoms with Crippen LogP contribution in [0.5, 0.6) is 5.75 Å². The average molecular weight is 372 g/mol. The van der Waals surface area contributed by atoms with Gasteiger partial charge in [0.05, 0.1) is 12.6 Å². The molecule has 0 saturated carbocycles. The molecule has 3 aromatic carbocycles. The molecule has 4 heteroatoms. The molecule has 4 rings (SSSR count). The molecule has 0 spiro atoms. The zero-order valence-corrected chi connectivity index (χ0v) is 15.7. The van der Waals surface area contributed by atoms with E-state index in [-0.39, 0.29) is 18.0 Å². The zero-order valence-electron chi connectivity index (χ0n) is 15.7. The maximum Gasteiger partial charge on any atom is 0.315 e. The van der Waals surface area contributed by atoms with E-state index < -0.39 is 0 Å². The molecule has 0 bridgehead atoms. The molecule has 1 aliphatic rings. The number of para-hydroxylation sites is 1. The Labute approximate surface area is 165 Å². The Morgan fingerprint density at radius 1 is 0.893 bits per heavy atom. The molecule has 1 unspecified atom stereocenters. The van der Waals surface area contributed by atoms with E-state index in [9.17, 15) is 4.79 Å². The fourth-order valence-electron chi connectivity index (χ4n) is 3.59. The fourth-order valence-corrected chi connectivity index (χ4v) is 3.59. The smallest absolute Gasteiger partial charge is 0.315 e. The molecule has 0 aliphatic carbocycles. The number of rotatable bonds is 5. The van der Waals surface area contributed by atoms with Crippen molar-refractivity contribution in [3.63, 3.8) is 0 Å². The lowest BCUT2D eigenvalue weighted by Crippen LogP contribution is -2.42. The van der Waals surface area contributed by atoms with Crippen LogP contribution >= 0.6 is 0 Å². The van der Waals surface area contributed by atoms with Crippen molar-refractivity contribution in [1.29, 1.82) is 0 Å². The van der Waals surface area contributed by atoms with Crippen LogP contribution in [0.2, 0.25) is 0 Å². The van der Waals surface area contributed by atoms with Gasteiger partial charge in [0.25, 0.3) is 0 Å². The van der Waals surface area contributed by atoms with Gasteiger partial charge in [0, 0.05) is 12.5 Å². The lowest BCUT2D eigenvalue weighted by atomic mass is 9.97. The second-order valence-electron chi connectivity index (χ2n) is 7.10. The summed E-state index contributed by atoms with van der Waals surface area (Å²) < 4.78 is 5.82. The van der Waals surface area contributed by atoms with Crippen molar-refractivity contribution in [2.75, 3.05) is 13.2 Å². The Balaban J connectivity index is 1.39. The minimum atomic E-state index is -0.189. The quantitative estimate of drug-likeness (QED) is 0.700. The third kappa shape index (κ3) is 4.34. The highest BCUT2D eigenvalue weighted by molar-refractivity contribution is 5.75. The summed E-state index contributed by atoms with van der Waals surface area (Å²) in [6.07, 6.45) is 0.914. The van der Waals surface area contributed by atoms with Gasteiger partial charge in [-0.25, -0.2) is 4.79 Å². The van der Waals surface area contributed by atoms with E-state index in [1.54, 1.807) is 0 Å². The standard InChI is InChI=1S/C24H24N2O2/c27-24(25-16-18-15-21-13-7-8-14-22(21)28-17-18)26-23(19-9-3-1-4-10-19)20-11-5-2-6-12-20/h1-14,18,23H,15-17H2,(H2,25,26,27). The molecule has 1 aliphatic heterocycles. The highest BCUT2D eigenvalue weighted by Crippen LogP contribution is 2.26. The topological polar surface area (TPSA) is 50.4 Å². The number of amides is 2. The van der Waals surface area contributed by atoms with Gasteiger partial charge >= 0.3 is 6.03 Å². The van der Waals surface area contributed by atoms with Gasteiger partial charge in [-0.1, -0.05) is 78.9 Å². The minimum Gasteiger partial charge on any atom is -0.493 e. The number of hydrogen-bond acceptors (Lipinski definition) is 2. The number of fused-ring (bicyclic) bond motifs is 1.